The Morgan fingerprint density at radius 1 is 1.11 bits per heavy atom. The van der Waals surface area contributed by atoms with Crippen LogP contribution in [0.15, 0.2) is 91.6 Å². The third-order valence-corrected chi connectivity index (χ3v) is 4.29. The number of aliphatic imine (C=N–C) groups is 4. The first-order valence-corrected chi connectivity index (χ1v) is 8.90. The lowest BCUT2D eigenvalue weighted by atomic mass is 10.0. The average Bonchev–Trinajstić information content (AvgIpc) is 2.68. The number of hydrogen-bond acceptors (Lipinski definition) is 6. The van der Waals surface area contributed by atoms with Crippen molar-refractivity contribution in [2.75, 3.05) is 5.73 Å². The zero-order valence-electron chi connectivity index (χ0n) is 15.3. The van der Waals surface area contributed by atoms with Crippen molar-refractivity contribution in [1.82, 2.24) is 4.90 Å². The van der Waals surface area contributed by atoms with Crippen LogP contribution in [0, 0.1) is 0 Å². The lowest BCUT2D eigenvalue weighted by Gasteiger charge is -2.31. The van der Waals surface area contributed by atoms with E-state index in [-0.39, 0.29) is 0 Å². The molecule has 3 aliphatic rings. The van der Waals surface area contributed by atoms with E-state index in [0.29, 0.717) is 11.9 Å². The monoisotopic (exact) mass is 356 g/mol. The summed E-state index contributed by atoms with van der Waals surface area (Å²) >= 11 is 0. The van der Waals surface area contributed by atoms with E-state index in [0.717, 1.165) is 40.4 Å². The van der Waals surface area contributed by atoms with Crippen molar-refractivity contribution in [1.29, 1.82) is 0 Å². The molecule has 4 rings (SSSR count). The fraction of sp³-hybridized carbons (Fsp3) is 0.143. The first-order chi connectivity index (χ1) is 13.2. The van der Waals surface area contributed by atoms with Gasteiger partial charge < -0.3 is 5.73 Å². The maximum Gasteiger partial charge on any atom is 0.239 e. The van der Waals surface area contributed by atoms with E-state index < -0.39 is 0 Å². The van der Waals surface area contributed by atoms with Gasteiger partial charge in [0.05, 0.1) is 17.1 Å². The zero-order valence-corrected chi connectivity index (χ0v) is 15.3. The SMILES string of the molecule is C/C=C\C(=C/CC)C1=CC2=CC(c3ccc(N)cc3)=NC3=NC=NC(=N1)N23. The van der Waals surface area contributed by atoms with Crippen LogP contribution in [0.25, 0.3) is 0 Å². The van der Waals surface area contributed by atoms with Crippen LogP contribution in [0.5, 0.6) is 0 Å². The minimum atomic E-state index is 0.565. The third-order valence-electron chi connectivity index (χ3n) is 4.29. The highest BCUT2D eigenvalue weighted by Crippen LogP contribution is 2.29. The van der Waals surface area contributed by atoms with Crippen molar-refractivity contribution in [2.24, 2.45) is 20.0 Å². The summed E-state index contributed by atoms with van der Waals surface area (Å²) in [6.07, 6.45) is 12.7. The Bertz CT molecular complexity index is 1010. The maximum atomic E-state index is 5.81. The molecule has 0 aliphatic carbocycles. The van der Waals surface area contributed by atoms with Crippen LogP contribution in [-0.2, 0) is 0 Å². The molecule has 0 aromatic heterocycles. The molecule has 0 unspecified atom stereocenters. The normalized spacial score (nSPS) is 18.5. The summed E-state index contributed by atoms with van der Waals surface area (Å²) in [5, 5.41) is 0. The Kier molecular flexibility index (Phi) is 4.38. The Morgan fingerprint density at radius 2 is 1.93 bits per heavy atom. The molecule has 0 radical (unpaired) electrons. The van der Waals surface area contributed by atoms with E-state index in [1.165, 1.54) is 6.34 Å². The first-order valence-electron chi connectivity index (χ1n) is 8.90. The van der Waals surface area contributed by atoms with Crippen LogP contribution in [-0.4, -0.2) is 28.9 Å². The number of rotatable bonds is 4. The Hall–Kier alpha value is -3.54. The van der Waals surface area contributed by atoms with Gasteiger partial charge in [0.15, 0.2) is 0 Å². The van der Waals surface area contributed by atoms with E-state index in [4.69, 9.17) is 10.7 Å². The number of guanidine groups is 2. The first kappa shape index (κ1) is 16.9. The van der Waals surface area contributed by atoms with E-state index >= 15 is 0 Å². The highest BCUT2D eigenvalue weighted by Gasteiger charge is 2.30. The molecular weight excluding hydrogens is 336 g/mol. The third kappa shape index (κ3) is 3.17. The van der Waals surface area contributed by atoms with Gasteiger partial charge in [0.25, 0.3) is 0 Å². The number of nitrogens with two attached hydrogens (primary N) is 1. The zero-order chi connectivity index (χ0) is 18.8. The van der Waals surface area contributed by atoms with Gasteiger partial charge in [-0.05, 0) is 43.2 Å². The van der Waals surface area contributed by atoms with Crippen molar-refractivity contribution in [3.05, 3.63) is 77.2 Å². The van der Waals surface area contributed by atoms with Gasteiger partial charge in [0.2, 0.25) is 11.9 Å². The molecule has 2 N–H and O–H groups in total. The molecule has 27 heavy (non-hydrogen) atoms. The summed E-state index contributed by atoms with van der Waals surface area (Å²) in [7, 11) is 0. The summed E-state index contributed by atoms with van der Waals surface area (Å²) in [5.74, 6) is 1.14. The molecule has 6 heteroatoms. The van der Waals surface area contributed by atoms with Gasteiger partial charge in [-0.15, -0.1) is 0 Å². The molecule has 0 bridgehead atoms. The minimum Gasteiger partial charge on any atom is -0.399 e. The molecule has 0 fully saturated rings. The Balaban J connectivity index is 1.82. The Labute approximate surface area is 158 Å². The van der Waals surface area contributed by atoms with Crippen molar-refractivity contribution >= 4 is 29.7 Å². The van der Waals surface area contributed by atoms with Crippen molar-refractivity contribution in [3.8, 4) is 0 Å². The van der Waals surface area contributed by atoms with Gasteiger partial charge in [-0.1, -0.05) is 37.3 Å². The van der Waals surface area contributed by atoms with E-state index in [2.05, 4.69) is 34.1 Å². The van der Waals surface area contributed by atoms with Gasteiger partial charge in [-0.2, -0.15) is 0 Å². The predicted octanol–water partition coefficient (Wildman–Crippen LogP) is 3.82. The summed E-state index contributed by atoms with van der Waals surface area (Å²) in [6.45, 7) is 4.11. The second-order valence-corrected chi connectivity index (χ2v) is 6.21. The fourth-order valence-electron chi connectivity index (χ4n) is 3.06. The molecule has 0 saturated heterocycles. The van der Waals surface area contributed by atoms with Crippen LogP contribution < -0.4 is 5.73 Å². The molecule has 6 nitrogen and oxygen atoms in total. The molecule has 3 aliphatic heterocycles. The highest BCUT2D eigenvalue weighted by atomic mass is 15.4. The summed E-state index contributed by atoms with van der Waals surface area (Å²) in [6, 6.07) is 7.66. The lowest BCUT2D eigenvalue weighted by molar-refractivity contribution is 0.730. The highest BCUT2D eigenvalue weighted by molar-refractivity contribution is 6.21. The number of benzene rings is 1. The fourth-order valence-corrected chi connectivity index (χ4v) is 3.06. The molecule has 0 saturated carbocycles. The second-order valence-electron chi connectivity index (χ2n) is 6.21. The molecule has 1 aromatic carbocycles. The lowest BCUT2D eigenvalue weighted by Crippen LogP contribution is -2.40. The number of anilines is 1. The number of nitrogen functional groups attached to an aromatic ring is 1. The minimum absolute atomic E-state index is 0.565. The van der Waals surface area contributed by atoms with Crippen LogP contribution in [0.3, 0.4) is 0 Å². The van der Waals surface area contributed by atoms with E-state index in [1.54, 1.807) is 0 Å². The Morgan fingerprint density at radius 3 is 2.67 bits per heavy atom. The quantitative estimate of drug-likeness (QED) is 0.657. The summed E-state index contributed by atoms with van der Waals surface area (Å²) in [5.41, 5.74) is 11.2. The molecule has 1 aromatic rings. The summed E-state index contributed by atoms with van der Waals surface area (Å²) < 4.78 is 0. The average molecular weight is 356 g/mol. The van der Waals surface area contributed by atoms with Gasteiger partial charge in [0, 0.05) is 11.3 Å². The molecule has 0 atom stereocenters. The molecule has 134 valence electrons. The topological polar surface area (TPSA) is 78.7 Å². The van der Waals surface area contributed by atoms with Crippen molar-refractivity contribution in [3.63, 3.8) is 0 Å². The van der Waals surface area contributed by atoms with Crippen LogP contribution >= 0.6 is 0 Å². The molecule has 0 amide bonds. The van der Waals surface area contributed by atoms with Gasteiger partial charge >= 0.3 is 0 Å². The summed E-state index contributed by atoms with van der Waals surface area (Å²) in [4.78, 5) is 19.9. The standard InChI is InChI=1S/C21H20N6/c1-3-5-14(6-4-2)18-11-17-12-19(15-7-9-16(22)10-8-15)26-21-24-13-23-20(25-18)27(17)21/h3,5-13H,4,22H2,1-2H3/b5-3-,14-6+. The van der Waals surface area contributed by atoms with Crippen LogP contribution in [0.1, 0.15) is 25.8 Å². The molecule has 3 heterocycles. The van der Waals surface area contributed by atoms with Crippen LogP contribution in [0.2, 0.25) is 0 Å². The number of allylic oxidation sites excluding steroid dienone is 5. The smallest absolute Gasteiger partial charge is 0.239 e. The predicted molar refractivity (Wildman–Crippen MR) is 112 cm³/mol. The second kappa shape index (κ2) is 6.99. The number of hydrogen-bond donors (Lipinski definition) is 1. The van der Waals surface area contributed by atoms with Gasteiger partial charge in [-0.3, -0.25) is 0 Å². The van der Waals surface area contributed by atoms with Crippen molar-refractivity contribution in [2.45, 2.75) is 20.3 Å². The van der Waals surface area contributed by atoms with Gasteiger partial charge in [0.1, 0.15) is 6.34 Å². The van der Waals surface area contributed by atoms with Crippen LogP contribution in [0.4, 0.5) is 5.69 Å². The van der Waals surface area contributed by atoms with E-state index in [9.17, 15) is 0 Å². The molecule has 0 spiro atoms. The van der Waals surface area contributed by atoms with E-state index in [1.807, 2.05) is 54.3 Å². The molecular formula is C21H20N6. The van der Waals surface area contributed by atoms with Crippen molar-refractivity contribution < 1.29 is 0 Å². The number of nitrogens with zero attached hydrogens (tertiary/aromatic N) is 5. The van der Waals surface area contributed by atoms with Gasteiger partial charge in [-0.25, -0.2) is 24.9 Å². The maximum absolute atomic E-state index is 5.81. The largest absolute Gasteiger partial charge is 0.399 e.